The lowest BCUT2D eigenvalue weighted by Gasteiger charge is -2.32. The quantitative estimate of drug-likeness (QED) is 0.746. The Balaban J connectivity index is 1.72. The normalized spacial score (nSPS) is 33.0. The van der Waals surface area contributed by atoms with Gasteiger partial charge in [0.05, 0.1) is 0 Å². The fourth-order valence-electron chi connectivity index (χ4n) is 3.10. The minimum Gasteiger partial charge on any atom is -0.311 e. The highest BCUT2D eigenvalue weighted by molar-refractivity contribution is 4.94. The van der Waals surface area contributed by atoms with Gasteiger partial charge in [-0.1, -0.05) is 19.8 Å². The van der Waals surface area contributed by atoms with Gasteiger partial charge in [0, 0.05) is 5.54 Å². The van der Waals surface area contributed by atoms with Crippen molar-refractivity contribution in [2.75, 3.05) is 6.54 Å². The Kier molecular flexibility index (Phi) is 3.39. The molecule has 15 heavy (non-hydrogen) atoms. The second-order valence-corrected chi connectivity index (χ2v) is 6.51. The van der Waals surface area contributed by atoms with Gasteiger partial charge in [0.25, 0.3) is 0 Å². The van der Waals surface area contributed by atoms with Crippen LogP contribution in [0.15, 0.2) is 0 Å². The maximum Gasteiger partial charge on any atom is 0.0153 e. The van der Waals surface area contributed by atoms with E-state index in [4.69, 9.17) is 0 Å². The van der Waals surface area contributed by atoms with Crippen LogP contribution in [0.5, 0.6) is 0 Å². The van der Waals surface area contributed by atoms with Crippen molar-refractivity contribution in [2.45, 2.75) is 64.8 Å². The summed E-state index contributed by atoms with van der Waals surface area (Å²) in [5, 5.41) is 3.81. The summed E-state index contributed by atoms with van der Waals surface area (Å²) >= 11 is 0. The molecule has 0 amide bonds. The summed E-state index contributed by atoms with van der Waals surface area (Å²) in [4.78, 5) is 0. The van der Waals surface area contributed by atoms with E-state index in [9.17, 15) is 0 Å². The molecule has 2 fully saturated rings. The molecule has 0 aromatic carbocycles. The summed E-state index contributed by atoms with van der Waals surface area (Å²) in [7, 11) is 0. The highest BCUT2D eigenvalue weighted by Gasteiger charge is 2.37. The Hall–Kier alpha value is -0.0400. The van der Waals surface area contributed by atoms with Crippen LogP contribution in [0.4, 0.5) is 0 Å². The molecule has 2 saturated carbocycles. The lowest BCUT2D eigenvalue weighted by Crippen LogP contribution is -2.44. The molecule has 1 heteroatoms. The van der Waals surface area contributed by atoms with E-state index in [1.807, 2.05) is 0 Å². The van der Waals surface area contributed by atoms with Gasteiger partial charge in [-0.25, -0.2) is 0 Å². The van der Waals surface area contributed by atoms with Crippen molar-refractivity contribution >= 4 is 0 Å². The fraction of sp³-hybridized carbons (Fsp3) is 1.00. The molecule has 1 nitrogen and oxygen atoms in total. The van der Waals surface area contributed by atoms with E-state index in [1.165, 1.54) is 45.1 Å². The molecule has 1 N–H and O–H groups in total. The average Bonchev–Trinajstić information content (AvgIpc) is 2.98. The molecule has 2 atom stereocenters. The average molecular weight is 209 g/mol. The predicted octanol–water partition coefficient (Wildman–Crippen LogP) is 3.59. The molecule has 0 aromatic heterocycles. The van der Waals surface area contributed by atoms with Crippen molar-refractivity contribution in [3.63, 3.8) is 0 Å². The highest BCUT2D eigenvalue weighted by Crippen LogP contribution is 2.39. The van der Waals surface area contributed by atoms with Crippen molar-refractivity contribution < 1.29 is 0 Å². The Morgan fingerprint density at radius 3 is 2.47 bits per heavy atom. The van der Waals surface area contributed by atoms with Crippen molar-refractivity contribution in [3.05, 3.63) is 0 Å². The van der Waals surface area contributed by atoms with Crippen molar-refractivity contribution in [1.29, 1.82) is 0 Å². The Bertz CT molecular complexity index is 205. The topological polar surface area (TPSA) is 12.0 Å². The largest absolute Gasteiger partial charge is 0.311 e. The van der Waals surface area contributed by atoms with Crippen LogP contribution in [0.3, 0.4) is 0 Å². The van der Waals surface area contributed by atoms with Crippen LogP contribution in [0.25, 0.3) is 0 Å². The van der Waals surface area contributed by atoms with Gasteiger partial charge < -0.3 is 5.32 Å². The van der Waals surface area contributed by atoms with Crippen molar-refractivity contribution in [1.82, 2.24) is 5.32 Å². The van der Waals surface area contributed by atoms with E-state index in [0.29, 0.717) is 5.54 Å². The Morgan fingerprint density at radius 2 is 1.87 bits per heavy atom. The SMILES string of the molecule is CC1CCCC(CNC(C)(C)C2CC2)C1. The molecular formula is C14H27N. The standard InChI is InChI=1S/C14H27N/c1-11-5-4-6-12(9-11)10-15-14(2,3)13-7-8-13/h11-13,15H,4-10H2,1-3H3. The van der Waals surface area contributed by atoms with Crippen molar-refractivity contribution in [2.24, 2.45) is 17.8 Å². The molecule has 0 saturated heterocycles. The van der Waals surface area contributed by atoms with Crippen LogP contribution in [-0.4, -0.2) is 12.1 Å². The van der Waals surface area contributed by atoms with Crippen LogP contribution in [0.2, 0.25) is 0 Å². The molecule has 88 valence electrons. The molecule has 0 heterocycles. The molecule has 0 spiro atoms. The second kappa shape index (κ2) is 4.45. The first kappa shape index (κ1) is 11.4. The zero-order valence-electron chi connectivity index (χ0n) is 10.7. The third-order valence-electron chi connectivity index (χ3n) is 4.49. The van der Waals surface area contributed by atoms with Gasteiger partial charge in [0.1, 0.15) is 0 Å². The van der Waals surface area contributed by atoms with E-state index in [0.717, 1.165) is 17.8 Å². The minimum absolute atomic E-state index is 0.403. The van der Waals surface area contributed by atoms with Crippen LogP contribution < -0.4 is 5.32 Å². The zero-order valence-corrected chi connectivity index (χ0v) is 10.7. The summed E-state index contributed by atoms with van der Waals surface area (Å²) in [5.41, 5.74) is 0.403. The van der Waals surface area contributed by atoms with Gasteiger partial charge >= 0.3 is 0 Å². The third-order valence-corrected chi connectivity index (χ3v) is 4.49. The smallest absolute Gasteiger partial charge is 0.0153 e. The lowest BCUT2D eigenvalue weighted by atomic mass is 9.82. The number of hydrogen-bond acceptors (Lipinski definition) is 1. The first-order chi connectivity index (χ1) is 7.08. The van der Waals surface area contributed by atoms with E-state index >= 15 is 0 Å². The fourth-order valence-corrected chi connectivity index (χ4v) is 3.10. The van der Waals surface area contributed by atoms with Gasteiger partial charge in [-0.2, -0.15) is 0 Å². The summed E-state index contributed by atoms with van der Waals surface area (Å²) in [6, 6.07) is 0. The third kappa shape index (κ3) is 3.21. The molecule has 2 rings (SSSR count). The maximum absolute atomic E-state index is 3.81. The molecule has 0 aromatic rings. The van der Waals surface area contributed by atoms with Gasteiger partial charge in [0.2, 0.25) is 0 Å². The van der Waals surface area contributed by atoms with Crippen molar-refractivity contribution in [3.8, 4) is 0 Å². The summed E-state index contributed by atoms with van der Waals surface area (Å²) in [6.45, 7) is 8.44. The van der Waals surface area contributed by atoms with E-state index in [2.05, 4.69) is 26.1 Å². The number of rotatable bonds is 4. The lowest BCUT2D eigenvalue weighted by molar-refractivity contribution is 0.239. The Labute approximate surface area is 95.0 Å². The number of nitrogens with one attached hydrogen (secondary N) is 1. The minimum atomic E-state index is 0.403. The van der Waals surface area contributed by atoms with E-state index in [-0.39, 0.29) is 0 Å². The molecule has 0 aliphatic heterocycles. The maximum atomic E-state index is 3.81. The summed E-state index contributed by atoms with van der Waals surface area (Å²) in [5.74, 6) is 2.87. The predicted molar refractivity (Wildman–Crippen MR) is 65.9 cm³/mol. The number of hydrogen-bond donors (Lipinski definition) is 1. The highest BCUT2D eigenvalue weighted by atomic mass is 15.0. The van der Waals surface area contributed by atoms with Crippen LogP contribution >= 0.6 is 0 Å². The zero-order chi connectivity index (χ0) is 10.9. The van der Waals surface area contributed by atoms with Gasteiger partial charge in [0.15, 0.2) is 0 Å². The molecule has 2 aliphatic carbocycles. The molecular weight excluding hydrogens is 182 g/mol. The monoisotopic (exact) mass is 209 g/mol. The van der Waals surface area contributed by atoms with Crippen LogP contribution in [-0.2, 0) is 0 Å². The van der Waals surface area contributed by atoms with Gasteiger partial charge in [-0.05, 0) is 63.8 Å². The van der Waals surface area contributed by atoms with Gasteiger partial charge in [-0.15, -0.1) is 0 Å². The van der Waals surface area contributed by atoms with E-state index < -0.39 is 0 Å². The molecule has 0 radical (unpaired) electrons. The first-order valence-electron chi connectivity index (χ1n) is 6.83. The molecule has 0 bridgehead atoms. The second-order valence-electron chi connectivity index (χ2n) is 6.51. The summed E-state index contributed by atoms with van der Waals surface area (Å²) in [6.07, 6.45) is 8.72. The van der Waals surface area contributed by atoms with Crippen LogP contribution in [0.1, 0.15) is 59.3 Å². The molecule has 2 unspecified atom stereocenters. The molecule has 2 aliphatic rings. The summed E-state index contributed by atoms with van der Waals surface area (Å²) < 4.78 is 0. The van der Waals surface area contributed by atoms with Gasteiger partial charge in [-0.3, -0.25) is 0 Å². The van der Waals surface area contributed by atoms with Crippen LogP contribution in [0, 0.1) is 17.8 Å². The first-order valence-corrected chi connectivity index (χ1v) is 6.83. The Morgan fingerprint density at radius 1 is 1.13 bits per heavy atom. The van der Waals surface area contributed by atoms with E-state index in [1.54, 1.807) is 0 Å².